The van der Waals surface area contributed by atoms with Crippen LogP contribution in [0.4, 0.5) is 0 Å². The molecule has 0 unspecified atom stereocenters. The predicted octanol–water partition coefficient (Wildman–Crippen LogP) is 1.17. The molecule has 0 fully saturated rings. The summed E-state index contributed by atoms with van der Waals surface area (Å²) in [4.78, 5) is 9.59. The van der Waals surface area contributed by atoms with Crippen LogP contribution in [0.15, 0.2) is 12.3 Å². The molecule has 0 saturated heterocycles. The number of allylic oxidation sites excluding steroid dienone is 1. The van der Waals surface area contributed by atoms with Crippen LogP contribution in [0.1, 0.15) is 19.3 Å². The van der Waals surface area contributed by atoms with Crippen LogP contribution in [0.3, 0.4) is 0 Å². The maximum Gasteiger partial charge on any atom is 0.203 e. The van der Waals surface area contributed by atoms with Crippen LogP contribution >= 0.6 is 0 Å². The lowest BCUT2D eigenvalue weighted by atomic mass is 10.2. The van der Waals surface area contributed by atoms with Gasteiger partial charge in [-0.15, -0.1) is 0 Å². The summed E-state index contributed by atoms with van der Waals surface area (Å²) in [5.41, 5.74) is 0. The highest BCUT2D eigenvalue weighted by molar-refractivity contribution is 4.77. The van der Waals surface area contributed by atoms with Gasteiger partial charge >= 0.3 is 0 Å². The first-order valence-electron chi connectivity index (χ1n) is 3.71. The van der Waals surface area contributed by atoms with E-state index in [0.29, 0.717) is 6.42 Å². The monoisotopic (exact) mass is 158 g/mol. The second-order valence-electron chi connectivity index (χ2n) is 2.24. The molecule has 0 aromatic rings. The van der Waals surface area contributed by atoms with E-state index in [1.807, 2.05) is 19.3 Å². The average molecular weight is 158 g/mol. The minimum absolute atomic E-state index is 0.0907. The summed E-state index contributed by atoms with van der Waals surface area (Å²) in [6.07, 6.45) is 6.28. The van der Waals surface area contributed by atoms with Gasteiger partial charge in [0, 0.05) is 18.4 Å². The molecule has 0 aliphatic carbocycles. The van der Waals surface area contributed by atoms with Gasteiger partial charge in [0.15, 0.2) is 0 Å². The molecule has 0 rings (SSSR count). The lowest BCUT2D eigenvalue weighted by Gasteiger charge is -1.91. The molecule has 4 nitrogen and oxygen atoms in total. The average Bonchev–Trinajstić information content (AvgIpc) is 1.96. The van der Waals surface area contributed by atoms with Crippen molar-refractivity contribution in [3.05, 3.63) is 22.4 Å². The molecule has 0 saturated carbocycles. The number of hydrogen-bond donors (Lipinski definition) is 1. The maximum absolute atomic E-state index is 9.86. The van der Waals surface area contributed by atoms with Crippen molar-refractivity contribution in [2.75, 3.05) is 13.6 Å². The van der Waals surface area contributed by atoms with Crippen LogP contribution in [0.25, 0.3) is 0 Å². The Hall–Kier alpha value is -1.06. The quantitative estimate of drug-likeness (QED) is 0.358. The number of unbranched alkanes of at least 4 members (excludes halogenated alkanes) is 2. The lowest BCUT2D eigenvalue weighted by molar-refractivity contribution is -0.480. The lowest BCUT2D eigenvalue weighted by Crippen LogP contribution is -1.99. The number of nitrogens with zero attached hydrogens (tertiary/aromatic N) is 1. The summed E-state index contributed by atoms with van der Waals surface area (Å²) in [5, 5.41) is 12.7. The molecule has 4 heteroatoms. The van der Waals surface area contributed by atoms with Crippen LogP contribution in [-0.4, -0.2) is 18.5 Å². The number of hydrogen-bond acceptors (Lipinski definition) is 3. The second-order valence-corrected chi connectivity index (χ2v) is 2.24. The molecule has 0 bridgehead atoms. The highest BCUT2D eigenvalue weighted by atomic mass is 16.6. The zero-order valence-electron chi connectivity index (χ0n) is 6.75. The zero-order valence-corrected chi connectivity index (χ0v) is 6.75. The van der Waals surface area contributed by atoms with Crippen molar-refractivity contribution in [1.82, 2.24) is 5.32 Å². The van der Waals surface area contributed by atoms with E-state index >= 15 is 0 Å². The summed E-state index contributed by atoms with van der Waals surface area (Å²) >= 11 is 0. The fraction of sp³-hybridized carbons (Fsp3) is 0.714. The Kier molecular flexibility index (Phi) is 6.37. The number of nitrogens with one attached hydrogen (secondary N) is 1. The summed E-state index contributed by atoms with van der Waals surface area (Å²) in [7, 11) is 1.83. The highest BCUT2D eigenvalue weighted by Gasteiger charge is 1.93. The molecule has 0 aliphatic heterocycles. The Morgan fingerprint density at radius 3 is 2.82 bits per heavy atom. The zero-order chi connectivity index (χ0) is 8.53. The van der Waals surface area contributed by atoms with Crippen molar-refractivity contribution in [1.29, 1.82) is 0 Å². The van der Waals surface area contributed by atoms with Crippen LogP contribution in [0, 0.1) is 10.1 Å². The first-order chi connectivity index (χ1) is 5.27. The van der Waals surface area contributed by atoms with Crippen molar-refractivity contribution in [2.24, 2.45) is 0 Å². The second kappa shape index (κ2) is 7.05. The van der Waals surface area contributed by atoms with Crippen LogP contribution in [-0.2, 0) is 0 Å². The van der Waals surface area contributed by atoms with E-state index in [0.717, 1.165) is 12.8 Å². The molecule has 1 N–H and O–H groups in total. The molecule has 0 aromatic heterocycles. The normalized spacial score (nSPS) is 10.3. The largest absolute Gasteiger partial charge is 0.394 e. The Balaban J connectivity index is 3.02. The van der Waals surface area contributed by atoms with Crippen LogP contribution in [0.2, 0.25) is 0 Å². The third-order valence-electron chi connectivity index (χ3n) is 1.25. The molecular weight excluding hydrogens is 144 g/mol. The summed E-state index contributed by atoms with van der Waals surface area (Å²) < 4.78 is 0. The molecule has 0 radical (unpaired) electrons. The van der Waals surface area contributed by atoms with Gasteiger partial charge in [0.1, 0.15) is 0 Å². The topological polar surface area (TPSA) is 55.2 Å². The third kappa shape index (κ3) is 8.94. The van der Waals surface area contributed by atoms with Gasteiger partial charge in [-0.3, -0.25) is 10.1 Å². The first kappa shape index (κ1) is 9.94. The molecule has 0 amide bonds. The smallest absolute Gasteiger partial charge is 0.203 e. The van der Waals surface area contributed by atoms with Gasteiger partial charge in [-0.25, -0.2) is 0 Å². The Morgan fingerprint density at radius 1 is 1.55 bits per heavy atom. The van der Waals surface area contributed by atoms with Gasteiger partial charge in [0.25, 0.3) is 0 Å². The Bertz CT molecular complexity index is 134. The predicted molar refractivity (Wildman–Crippen MR) is 43.9 cm³/mol. The fourth-order valence-corrected chi connectivity index (χ4v) is 0.704. The van der Waals surface area contributed by atoms with Gasteiger partial charge in [-0.05, 0) is 19.0 Å². The van der Waals surface area contributed by atoms with E-state index in [1.165, 1.54) is 0 Å². The molecule has 64 valence electrons. The van der Waals surface area contributed by atoms with Crippen molar-refractivity contribution in [2.45, 2.75) is 19.3 Å². The van der Waals surface area contributed by atoms with Gasteiger partial charge in [0.05, 0.1) is 0 Å². The van der Waals surface area contributed by atoms with E-state index < -0.39 is 0 Å². The molecule has 0 aromatic carbocycles. The molecule has 0 heterocycles. The molecule has 0 aliphatic rings. The van der Waals surface area contributed by atoms with Crippen molar-refractivity contribution < 1.29 is 4.92 Å². The van der Waals surface area contributed by atoms with Crippen molar-refractivity contribution in [3.63, 3.8) is 0 Å². The van der Waals surface area contributed by atoms with E-state index in [9.17, 15) is 10.1 Å². The minimum atomic E-state index is -0.276. The summed E-state index contributed by atoms with van der Waals surface area (Å²) in [5.74, 6) is 0. The van der Waals surface area contributed by atoms with Crippen LogP contribution < -0.4 is 5.32 Å². The SMILES string of the molecule is CNC=CCCCC[N+](=O)[O-]. The summed E-state index contributed by atoms with van der Waals surface area (Å²) in [6, 6.07) is 0. The van der Waals surface area contributed by atoms with Crippen LogP contribution in [0.5, 0.6) is 0 Å². The number of nitro groups is 1. The summed E-state index contributed by atoms with van der Waals surface area (Å²) in [6.45, 7) is 0.0907. The third-order valence-corrected chi connectivity index (χ3v) is 1.25. The molecule has 11 heavy (non-hydrogen) atoms. The van der Waals surface area contributed by atoms with E-state index in [4.69, 9.17) is 0 Å². The highest BCUT2D eigenvalue weighted by Crippen LogP contribution is 1.95. The molecule has 0 spiro atoms. The van der Waals surface area contributed by atoms with E-state index in [1.54, 1.807) is 0 Å². The Labute approximate surface area is 66.4 Å². The van der Waals surface area contributed by atoms with Gasteiger partial charge in [0.2, 0.25) is 6.54 Å². The van der Waals surface area contributed by atoms with Gasteiger partial charge in [-0.2, -0.15) is 0 Å². The molecular formula is C7H14N2O2. The van der Waals surface area contributed by atoms with E-state index in [2.05, 4.69) is 5.32 Å². The van der Waals surface area contributed by atoms with Crippen molar-refractivity contribution >= 4 is 0 Å². The standard InChI is InChI=1S/C7H14N2O2/c1-8-6-4-2-3-5-7-9(10)11/h4,6,8H,2-3,5,7H2,1H3. The van der Waals surface area contributed by atoms with Crippen molar-refractivity contribution in [3.8, 4) is 0 Å². The first-order valence-corrected chi connectivity index (χ1v) is 3.71. The van der Waals surface area contributed by atoms with Gasteiger partial charge < -0.3 is 5.32 Å². The molecule has 0 atom stereocenters. The Morgan fingerprint density at radius 2 is 2.27 bits per heavy atom. The van der Waals surface area contributed by atoms with Gasteiger partial charge in [-0.1, -0.05) is 6.08 Å². The fourth-order valence-electron chi connectivity index (χ4n) is 0.704. The maximum atomic E-state index is 9.86. The number of rotatable bonds is 6. The van der Waals surface area contributed by atoms with E-state index in [-0.39, 0.29) is 11.5 Å². The minimum Gasteiger partial charge on any atom is -0.394 e.